The Morgan fingerprint density at radius 2 is 1.65 bits per heavy atom. The predicted molar refractivity (Wildman–Crippen MR) is 94.8 cm³/mol. The second-order valence-corrected chi connectivity index (χ2v) is 5.57. The number of fused-ring (bicyclic) bond motifs is 1. The molecule has 0 aliphatic rings. The zero-order chi connectivity index (χ0) is 16.2. The van der Waals surface area contributed by atoms with Gasteiger partial charge in [0.15, 0.2) is 0 Å². The summed E-state index contributed by atoms with van der Waals surface area (Å²) < 4.78 is 0. The lowest BCUT2D eigenvalue weighted by Gasteiger charge is -2.05. The molecule has 3 rings (SSSR count). The van der Waals surface area contributed by atoms with Gasteiger partial charge < -0.3 is 0 Å². The van der Waals surface area contributed by atoms with E-state index in [4.69, 9.17) is 0 Å². The minimum absolute atomic E-state index is 0.200. The molecule has 0 bridgehead atoms. The van der Waals surface area contributed by atoms with Gasteiger partial charge in [-0.05, 0) is 48.4 Å². The number of hydrogen-bond donors (Lipinski definition) is 1. The molecule has 0 atom stereocenters. The molecule has 0 fully saturated rings. The smallest absolute Gasteiger partial charge is 0.267 e. The molecule has 3 aromatic carbocycles. The van der Waals surface area contributed by atoms with Gasteiger partial charge in [0.05, 0.1) is 5.71 Å². The van der Waals surface area contributed by atoms with Crippen molar-refractivity contribution in [1.82, 2.24) is 5.43 Å². The molecule has 3 nitrogen and oxygen atoms in total. The van der Waals surface area contributed by atoms with E-state index in [1.54, 1.807) is 6.07 Å². The van der Waals surface area contributed by atoms with Gasteiger partial charge in [-0.25, -0.2) is 5.43 Å². The van der Waals surface area contributed by atoms with Crippen LogP contribution in [0.2, 0.25) is 0 Å². The zero-order valence-corrected chi connectivity index (χ0v) is 13.2. The normalized spacial score (nSPS) is 11.5. The molecule has 0 aliphatic carbocycles. The Morgan fingerprint density at radius 3 is 2.43 bits per heavy atom. The van der Waals surface area contributed by atoms with Gasteiger partial charge >= 0.3 is 0 Å². The van der Waals surface area contributed by atoms with Crippen LogP contribution in [0.15, 0.2) is 71.8 Å². The first-order valence-electron chi connectivity index (χ1n) is 7.54. The van der Waals surface area contributed by atoms with Crippen LogP contribution < -0.4 is 5.43 Å². The highest BCUT2D eigenvalue weighted by molar-refractivity contribution is 6.03. The third-order valence-corrected chi connectivity index (χ3v) is 3.77. The second kappa shape index (κ2) is 6.44. The summed E-state index contributed by atoms with van der Waals surface area (Å²) in [6, 6.07) is 21.8. The molecule has 3 aromatic rings. The molecule has 0 aliphatic heterocycles. The number of amides is 1. The Hall–Kier alpha value is -2.94. The van der Waals surface area contributed by atoms with Gasteiger partial charge in [0.2, 0.25) is 0 Å². The molecule has 1 N–H and O–H groups in total. The van der Waals surface area contributed by atoms with Crippen molar-refractivity contribution in [2.45, 2.75) is 13.8 Å². The number of nitrogens with zero attached hydrogens (tertiary/aromatic N) is 1. The number of nitrogens with one attached hydrogen (secondary N) is 1. The summed E-state index contributed by atoms with van der Waals surface area (Å²) in [5, 5.41) is 6.57. The van der Waals surface area contributed by atoms with Gasteiger partial charge in [0.1, 0.15) is 0 Å². The first-order valence-corrected chi connectivity index (χ1v) is 7.54. The Balaban J connectivity index is 1.79. The van der Waals surface area contributed by atoms with E-state index in [-0.39, 0.29) is 5.91 Å². The van der Waals surface area contributed by atoms with Gasteiger partial charge in [-0.2, -0.15) is 5.10 Å². The fourth-order valence-electron chi connectivity index (χ4n) is 2.46. The van der Waals surface area contributed by atoms with Crippen molar-refractivity contribution in [2.75, 3.05) is 0 Å². The molecule has 1 amide bonds. The van der Waals surface area contributed by atoms with E-state index in [0.717, 1.165) is 22.2 Å². The molecule has 0 saturated carbocycles. The van der Waals surface area contributed by atoms with Crippen molar-refractivity contribution in [2.24, 2.45) is 5.10 Å². The highest BCUT2D eigenvalue weighted by Crippen LogP contribution is 2.16. The molecule has 0 saturated heterocycles. The van der Waals surface area contributed by atoms with Crippen LogP contribution in [0.5, 0.6) is 0 Å². The second-order valence-electron chi connectivity index (χ2n) is 5.57. The Morgan fingerprint density at radius 1 is 0.870 bits per heavy atom. The third kappa shape index (κ3) is 3.46. The Bertz CT molecular complexity index is 897. The van der Waals surface area contributed by atoms with Crippen LogP contribution in [-0.2, 0) is 0 Å². The summed E-state index contributed by atoms with van der Waals surface area (Å²) >= 11 is 0. The summed E-state index contributed by atoms with van der Waals surface area (Å²) in [7, 11) is 0. The molecule has 0 spiro atoms. The molecule has 3 heteroatoms. The van der Waals surface area contributed by atoms with Crippen molar-refractivity contribution < 1.29 is 4.79 Å². The number of hydrazone groups is 1. The van der Waals surface area contributed by atoms with Crippen molar-refractivity contribution in [3.63, 3.8) is 0 Å². The van der Waals surface area contributed by atoms with Gasteiger partial charge in [-0.3, -0.25) is 4.79 Å². The molecule has 0 heterocycles. The van der Waals surface area contributed by atoms with Gasteiger partial charge in [0, 0.05) is 5.56 Å². The number of benzene rings is 3. The number of carbonyl (C=O) groups excluding carboxylic acids is 1. The predicted octanol–water partition coefficient (Wildman–Crippen LogP) is 4.30. The number of carbonyl (C=O) groups is 1. The summed E-state index contributed by atoms with van der Waals surface area (Å²) in [6.07, 6.45) is 0. The zero-order valence-electron chi connectivity index (χ0n) is 13.2. The SMILES string of the molecule is CC(=NNC(=O)c1cccc(C)c1)c1ccc2ccccc2c1. The van der Waals surface area contributed by atoms with Crippen LogP contribution in [0.1, 0.15) is 28.4 Å². The van der Waals surface area contributed by atoms with E-state index in [0.29, 0.717) is 5.56 Å². The Labute approximate surface area is 135 Å². The van der Waals surface area contributed by atoms with Crippen LogP contribution in [0.25, 0.3) is 10.8 Å². The van der Waals surface area contributed by atoms with Crippen molar-refractivity contribution in [3.8, 4) is 0 Å². The van der Waals surface area contributed by atoms with E-state index in [9.17, 15) is 4.79 Å². The summed E-state index contributed by atoms with van der Waals surface area (Å²) in [5.74, 6) is -0.200. The largest absolute Gasteiger partial charge is 0.271 e. The molecule has 114 valence electrons. The number of aryl methyl sites for hydroxylation is 1. The average molecular weight is 302 g/mol. The summed E-state index contributed by atoms with van der Waals surface area (Å²) in [5.41, 5.74) is 6.05. The van der Waals surface area contributed by atoms with E-state index in [1.807, 2.05) is 50.2 Å². The van der Waals surface area contributed by atoms with Crippen LogP contribution in [0.4, 0.5) is 0 Å². The van der Waals surface area contributed by atoms with Crippen LogP contribution in [0, 0.1) is 6.92 Å². The van der Waals surface area contributed by atoms with Crippen molar-refractivity contribution in [1.29, 1.82) is 0 Å². The maximum Gasteiger partial charge on any atom is 0.271 e. The Kier molecular flexibility index (Phi) is 4.20. The third-order valence-electron chi connectivity index (χ3n) is 3.77. The summed E-state index contributed by atoms with van der Waals surface area (Å²) in [6.45, 7) is 3.85. The average Bonchev–Trinajstić information content (AvgIpc) is 2.59. The van der Waals surface area contributed by atoms with Gasteiger partial charge in [0.25, 0.3) is 5.91 Å². The monoisotopic (exact) mass is 302 g/mol. The lowest BCUT2D eigenvalue weighted by molar-refractivity contribution is 0.0954. The quantitative estimate of drug-likeness (QED) is 0.568. The molecular formula is C20H18N2O. The standard InChI is InChI=1S/C20H18N2O/c1-14-6-5-9-19(12-14)20(23)22-21-15(2)17-11-10-16-7-3-4-8-18(16)13-17/h3-13H,1-2H3,(H,22,23). The van der Waals surface area contributed by atoms with Gasteiger partial charge in [-0.1, -0.05) is 54.1 Å². The van der Waals surface area contributed by atoms with E-state index in [2.05, 4.69) is 34.8 Å². The fourth-order valence-corrected chi connectivity index (χ4v) is 2.46. The van der Waals surface area contributed by atoms with E-state index in [1.165, 1.54) is 5.39 Å². The van der Waals surface area contributed by atoms with Crippen molar-refractivity contribution >= 4 is 22.4 Å². The van der Waals surface area contributed by atoms with E-state index < -0.39 is 0 Å². The molecule has 0 radical (unpaired) electrons. The van der Waals surface area contributed by atoms with Crippen molar-refractivity contribution in [3.05, 3.63) is 83.4 Å². The molecule has 0 unspecified atom stereocenters. The molecular weight excluding hydrogens is 284 g/mol. The lowest BCUT2D eigenvalue weighted by atomic mass is 10.0. The first-order chi connectivity index (χ1) is 11.1. The minimum atomic E-state index is -0.200. The summed E-state index contributed by atoms with van der Waals surface area (Å²) in [4.78, 5) is 12.1. The van der Waals surface area contributed by atoms with Crippen LogP contribution in [0.3, 0.4) is 0 Å². The van der Waals surface area contributed by atoms with E-state index >= 15 is 0 Å². The molecule has 23 heavy (non-hydrogen) atoms. The van der Waals surface area contributed by atoms with Gasteiger partial charge in [-0.15, -0.1) is 0 Å². The van der Waals surface area contributed by atoms with Crippen LogP contribution in [-0.4, -0.2) is 11.6 Å². The number of rotatable bonds is 3. The lowest BCUT2D eigenvalue weighted by Crippen LogP contribution is -2.19. The maximum absolute atomic E-state index is 12.1. The van der Waals surface area contributed by atoms with Crippen LogP contribution >= 0.6 is 0 Å². The topological polar surface area (TPSA) is 41.5 Å². The number of hydrogen-bond acceptors (Lipinski definition) is 2. The molecule has 0 aromatic heterocycles. The highest BCUT2D eigenvalue weighted by Gasteiger charge is 2.05. The first kappa shape index (κ1) is 15.0. The highest BCUT2D eigenvalue weighted by atomic mass is 16.2. The maximum atomic E-state index is 12.1. The fraction of sp³-hybridized carbons (Fsp3) is 0.100. The minimum Gasteiger partial charge on any atom is -0.267 e.